The van der Waals surface area contributed by atoms with E-state index in [-0.39, 0.29) is 29.4 Å². The SMILES string of the molecule is CC(=O)c1c[nH]c(C(=O)NCC(C)(C)N2C[C@@H](C)O[C@H](C)C2)c1. The average Bonchev–Trinajstić information content (AvgIpc) is 2.94. The van der Waals surface area contributed by atoms with Crippen LogP contribution in [0.2, 0.25) is 0 Å². The number of carbonyl (C=O) groups excluding carboxylic acids is 2. The lowest BCUT2D eigenvalue weighted by Gasteiger charge is -2.45. The molecule has 2 heterocycles. The molecule has 6 heteroatoms. The Morgan fingerprint density at radius 3 is 2.48 bits per heavy atom. The van der Waals surface area contributed by atoms with Gasteiger partial charge in [-0.15, -0.1) is 0 Å². The number of hydrogen-bond donors (Lipinski definition) is 2. The van der Waals surface area contributed by atoms with Crippen LogP contribution in [0.15, 0.2) is 12.3 Å². The van der Waals surface area contributed by atoms with Crippen LogP contribution in [0, 0.1) is 0 Å². The highest BCUT2D eigenvalue weighted by Gasteiger charge is 2.33. The molecule has 0 aromatic carbocycles. The molecule has 0 aliphatic carbocycles. The van der Waals surface area contributed by atoms with Crippen molar-refractivity contribution in [3.05, 3.63) is 23.5 Å². The topological polar surface area (TPSA) is 74.4 Å². The van der Waals surface area contributed by atoms with Gasteiger partial charge in [0.2, 0.25) is 0 Å². The van der Waals surface area contributed by atoms with E-state index in [4.69, 9.17) is 4.74 Å². The number of ether oxygens (including phenoxy) is 1. The van der Waals surface area contributed by atoms with Crippen LogP contribution in [0.5, 0.6) is 0 Å². The molecule has 2 N–H and O–H groups in total. The number of rotatable bonds is 5. The maximum absolute atomic E-state index is 12.2. The third kappa shape index (κ3) is 4.42. The van der Waals surface area contributed by atoms with E-state index in [1.54, 1.807) is 12.3 Å². The molecule has 0 unspecified atom stereocenters. The monoisotopic (exact) mass is 321 g/mol. The molecule has 1 aromatic heterocycles. The van der Waals surface area contributed by atoms with Gasteiger partial charge < -0.3 is 15.0 Å². The lowest BCUT2D eigenvalue weighted by molar-refractivity contribution is -0.0948. The van der Waals surface area contributed by atoms with Crippen molar-refractivity contribution in [2.75, 3.05) is 19.6 Å². The highest BCUT2D eigenvalue weighted by Crippen LogP contribution is 2.20. The number of aromatic nitrogens is 1. The second-order valence-corrected chi connectivity index (χ2v) is 7.02. The minimum Gasteiger partial charge on any atom is -0.373 e. The Morgan fingerprint density at radius 2 is 1.96 bits per heavy atom. The minimum atomic E-state index is -0.195. The van der Waals surface area contributed by atoms with E-state index in [9.17, 15) is 9.59 Å². The molecule has 1 saturated heterocycles. The molecule has 0 radical (unpaired) electrons. The summed E-state index contributed by atoms with van der Waals surface area (Å²) in [5, 5.41) is 2.95. The maximum atomic E-state index is 12.2. The zero-order chi connectivity index (χ0) is 17.2. The largest absolute Gasteiger partial charge is 0.373 e. The van der Waals surface area contributed by atoms with Crippen LogP contribution in [0.1, 0.15) is 55.5 Å². The average molecular weight is 321 g/mol. The van der Waals surface area contributed by atoms with Gasteiger partial charge in [-0.1, -0.05) is 0 Å². The smallest absolute Gasteiger partial charge is 0.267 e. The van der Waals surface area contributed by atoms with Crippen molar-refractivity contribution < 1.29 is 14.3 Å². The first-order chi connectivity index (χ1) is 10.7. The Bertz CT molecular complexity index is 569. The molecule has 1 aliphatic heterocycles. The molecule has 1 amide bonds. The summed E-state index contributed by atoms with van der Waals surface area (Å²) in [5.74, 6) is -0.253. The van der Waals surface area contributed by atoms with Crippen LogP contribution in [0.3, 0.4) is 0 Å². The fourth-order valence-electron chi connectivity index (χ4n) is 2.90. The van der Waals surface area contributed by atoms with Crippen molar-refractivity contribution in [2.45, 2.75) is 52.4 Å². The Kier molecular flexibility index (Phi) is 5.26. The van der Waals surface area contributed by atoms with Crippen molar-refractivity contribution in [3.8, 4) is 0 Å². The van der Waals surface area contributed by atoms with E-state index in [1.165, 1.54) is 6.92 Å². The second kappa shape index (κ2) is 6.84. The fourth-order valence-corrected chi connectivity index (χ4v) is 2.90. The first kappa shape index (κ1) is 17.7. The van der Waals surface area contributed by atoms with E-state index in [1.807, 2.05) is 0 Å². The Morgan fingerprint density at radius 1 is 1.35 bits per heavy atom. The summed E-state index contributed by atoms with van der Waals surface area (Å²) in [6.07, 6.45) is 1.94. The Hall–Kier alpha value is -1.66. The van der Waals surface area contributed by atoms with Crippen LogP contribution in [0.4, 0.5) is 0 Å². The van der Waals surface area contributed by atoms with E-state index >= 15 is 0 Å². The standard InChI is InChI=1S/C17H27N3O3/c1-11-8-20(9-12(2)23-11)17(4,5)10-19-16(22)15-6-14(7-18-15)13(3)21/h6-7,11-12,18H,8-10H2,1-5H3,(H,19,22)/t11-,12-/m1/s1. The number of ketones is 1. The van der Waals surface area contributed by atoms with E-state index in [2.05, 4.69) is 42.9 Å². The molecule has 6 nitrogen and oxygen atoms in total. The van der Waals surface area contributed by atoms with Gasteiger partial charge in [0.05, 0.1) is 12.2 Å². The van der Waals surface area contributed by atoms with Gasteiger partial charge in [0, 0.05) is 36.9 Å². The summed E-state index contributed by atoms with van der Waals surface area (Å²) < 4.78 is 5.77. The summed E-state index contributed by atoms with van der Waals surface area (Å²) in [5.41, 5.74) is 0.762. The fraction of sp³-hybridized carbons (Fsp3) is 0.647. The van der Waals surface area contributed by atoms with Crippen molar-refractivity contribution >= 4 is 11.7 Å². The molecule has 0 bridgehead atoms. The van der Waals surface area contributed by atoms with E-state index in [0.717, 1.165) is 13.1 Å². The molecule has 128 valence electrons. The molecule has 2 atom stereocenters. The molecule has 0 spiro atoms. The first-order valence-corrected chi connectivity index (χ1v) is 8.07. The molecule has 0 saturated carbocycles. The van der Waals surface area contributed by atoms with Gasteiger partial charge in [0.15, 0.2) is 5.78 Å². The van der Waals surface area contributed by atoms with Gasteiger partial charge in [-0.3, -0.25) is 14.5 Å². The quantitative estimate of drug-likeness (QED) is 0.812. The van der Waals surface area contributed by atoms with Crippen molar-refractivity contribution in [2.24, 2.45) is 0 Å². The number of hydrogen-bond acceptors (Lipinski definition) is 4. The van der Waals surface area contributed by atoms with Crippen LogP contribution in [-0.2, 0) is 4.74 Å². The summed E-state index contributed by atoms with van der Waals surface area (Å²) in [6.45, 7) is 12.1. The summed E-state index contributed by atoms with van der Waals surface area (Å²) in [7, 11) is 0. The number of nitrogens with one attached hydrogen (secondary N) is 2. The zero-order valence-corrected chi connectivity index (χ0v) is 14.6. The normalized spacial score (nSPS) is 22.8. The number of carbonyl (C=O) groups is 2. The van der Waals surface area contributed by atoms with E-state index < -0.39 is 0 Å². The van der Waals surface area contributed by atoms with Crippen molar-refractivity contribution in [1.82, 2.24) is 15.2 Å². The lowest BCUT2D eigenvalue weighted by Crippen LogP contribution is -2.58. The van der Waals surface area contributed by atoms with Crippen LogP contribution in [-0.4, -0.2) is 59.0 Å². The lowest BCUT2D eigenvalue weighted by atomic mass is 10.00. The number of Topliss-reactive ketones (excluding diaryl/α,β-unsaturated/α-hetero) is 1. The molecule has 2 rings (SSSR count). The van der Waals surface area contributed by atoms with Crippen molar-refractivity contribution in [1.29, 1.82) is 0 Å². The molecular formula is C17H27N3O3. The van der Waals surface area contributed by atoms with Gasteiger partial charge in [-0.2, -0.15) is 0 Å². The number of H-pyrrole nitrogens is 1. The van der Waals surface area contributed by atoms with Gasteiger partial charge in [-0.25, -0.2) is 0 Å². The number of amides is 1. The number of nitrogens with zero attached hydrogens (tertiary/aromatic N) is 1. The Labute approximate surface area is 137 Å². The predicted octanol–water partition coefficient (Wildman–Crippen LogP) is 1.83. The highest BCUT2D eigenvalue weighted by atomic mass is 16.5. The van der Waals surface area contributed by atoms with Crippen LogP contribution in [0.25, 0.3) is 0 Å². The first-order valence-electron chi connectivity index (χ1n) is 8.07. The molecule has 23 heavy (non-hydrogen) atoms. The zero-order valence-electron chi connectivity index (χ0n) is 14.6. The van der Waals surface area contributed by atoms with Gasteiger partial charge in [0.1, 0.15) is 5.69 Å². The van der Waals surface area contributed by atoms with Gasteiger partial charge >= 0.3 is 0 Å². The molecular weight excluding hydrogens is 294 g/mol. The predicted molar refractivity (Wildman–Crippen MR) is 88.8 cm³/mol. The van der Waals surface area contributed by atoms with Crippen molar-refractivity contribution in [3.63, 3.8) is 0 Å². The molecule has 1 aromatic rings. The second-order valence-electron chi connectivity index (χ2n) is 7.02. The third-order valence-electron chi connectivity index (χ3n) is 4.29. The molecule has 1 fully saturated rings. The Balaban J connectivity index is 1.95. The minimum absolute atomic E-state index is 0.0584. The van der Waals surface area contributed by atoms with Crippen LogP contribution < -0.4 is 5.32 Å². The molecule has 1 aliphatic rings. The highest BCUT2D eigenvalue weighted by molar-refractivity contribution is 5.99. The maximum Gasteiger partial charge on any atom is 0.267 e. The summed E-state index contributed by atoms with van der Waals surface area (Å²) >= 11 is 0. The number of aromatic amines is 1. The van der Waals surface area contributed by atoms with E-state index in [0.29, 0.717) is 17.8 Å². The summed E-state index contributed by atoms with van der Waals surface area (Å²) in [4.78, 5) is 28.7. The van der Waals surface area contributed by atoms with Gasteiger partial charge in [-0.05, 0) is 40.7 Å². The van der Waals surface area contributed by atoms with Crippen LogP contribution >= 0.6 is 0 Å². The number of morpholine rings is 1. The summed E-state index contributed by atoms with van der Waals surface area (Å²) in [6, 6.07) is 1.59. The third-order valence-corrected chi connectivity index (χ3v) is 4.29. The van der Waals surface area contributed by atoms with Gasteiger partial charge in [0.25, 0.3) is 5.91 Å².